The molecule has 1 atom stereocenters. The minimum atomic E-state index is -0.415. The SMILES string of the molecule is CCOc1ccccc1C(=O)N1CCC[C@@H]1C(=O)NCc1cccs1. The van der Waals surface area contributed by atoms with Crippen LogP contribution in [0.1, 0.15) is 35.0 Å². The lowest BCUT2D eigenvalue weighted by Crippen LogP contribution is -2.45. The van der Waals surface area contributed by atoms with Crippen molar-refractivity contribution in [2.45, 2.75) is 32.4 Å². The first-order valence-electron chi connectivity index (χ1n) is 8.53. The third-order valence-electron chi connectivity index (χ3n) is 4.25. The van der Waals surface area contributed by atoms with E-state index in [1.165, 1.54) is 0 Å². The van der Waals surface area contributed by atoms with Crippen LogP contribution in [0.25, 0.3) is 0 Å². The van der Waals surface area contributed by atoms with E-state index in [1.807, 2.05) is 36.6 Å². The molecule has 25 heavy (non-hydrogen) atoms. The van der Waals surface area contributed by atoms with Crippen LogP contribution in [-0.2, 0) is 11.3 Å². The van der Waals surface area contributed by atoms with E-state index in [0.717, 1.165) is 11.3 Å². The summed E-state index contributed by atoms with van der Waals surface area (Å²) in [6, 6.07) is 10.7. The molecule has 2 amide bonds. The Morgan fingerprint density at radius 1 is 1.28 bits per heavy atom. The van der Waals surface area contributed by atoms with Crippen molar-refractivity contribution in [3.63, 3.8) is 0 Å². The van der Waals surface area contributed by atoms with E-state index in [-0.39, 0.29) is 11.8 Å². The summed E-state index contributed by atoms with van der Waals surface area (Å²) < 4.78 is 5.56. The monoisotopic (exact) mass is 358 g/mol. The predicted molar refractivity (Wildman–Crippen MR) is 97.8 cm³/mol. The maximum Gasteiger partial charge on any atom is 0.258 e. The highest BCUT2D eigenvalue weighted by atomic mass is 32.1. The summed E-state index contributed by atoms with van der Waals surface area (Å²) in [5, 5.41) is 4.93. The minimum Gasteiger partial charge on any atom is -0.493 e. The van der Waals surface area contributed by atoms with Crippen molar-refractivity contribution >= 4 is 23.2 Å². The molecule has 2 heterocycles. The number of carbonyl (C=O) groups excluding carboxylic acids is 2. The number of ether oxygens (including phenoxy) is 1. The molecular weight excluding hydrogens is 336 g/mol. The number of carbonyl (C=O) groups is 2. The van der Waals surface area contributed by atoms with Gasteiger partial charge in [-0.2, -0.15) is 0 Å². The summed E-state index contributed by atoms with van der Waals surface area (Å²) in [4.78, 5) is 28.3. The van der Waals surface area contributed by atoms with Crippen molar-refractivity contribution in [3.8, 4) is 5.75 Å². The minimum absolute atomic E-state index is 0.0897. The maximum atomic E-state index is 13.0. The van der Waals surface area contributed by atoms with Gasteiger partial charge in [-0.3, -0.25) is 9.59 Å². The number of nitrogens with one attached hydrogen (secondary N) is 1. The van der Waals surface area contributed by atoms with Crippen molar-refractivity contribution in [1.29, 1.82) is 0 Å². The highest BCUT2D eigenvalue weighted by Gasteiger charge is 2.35. The molecule has 6 heteroatoms. The average molecular weight is 358 g/mol. The Morgan fingerprint density at radius 3 is 2.88 bits per heavy atom. The highest BCUT2D eigenvalue weighted by molar-refractivity contribution is 7.09. The van der Waals surface area contributed by atoms with Gasteiger partial charge in [0, 0.05) is 11.4 Å². The average Bonchev–Trinajstić information content (AvgIpc) is 3.31. The first-order valence-corrected chi connectivity index (χ1v) is 9.41. The van der Waals surface area contributed by atoms with Gasteiger partial charge in [0.2, 0.25) is 5.91 Å². The lowest BCUT2D eigenvalue weighted by atomic mass is 10.1. The Kier molecular flexibility index (Phi) is 5.71. The fourth-order valence-corrected chi connectivity index (χ4v) is 3.71. The van der Waals surface area contributed by atoms with Crippen LogP contribution in [0, 0.1) is 0 Å². The molecule has 1 aromatic carbocycles. The molecule has 1 aromatic heterocycles. The van der Waals surface area contributed by atoms with E-state index in [1.54, 1.807) is 28.4 Å². The van der Waals surface area contributed by atoms with Gasteiger partial charge in [-0.1, -0.05) is 18.2 Å². The van der Waals surface area contributed by atoms with Gasteiger partial charge in [0.15, 0.2) is 0 Å². The van der Waals surface area contributed by atoms with Crippen LogP contribution in [0.2, 0.25) is 0 Å². The summed E-state index contributed by atoms with van der Waals surface area (Å²) in [7, 11) is 0. The summed E-state index contributed by atoms with van der Waals surface area (Å²) in [5.74, 6) is 0.339. The number of rotatable bonds is 6. The van der Waals surface area contributed by atoms with Gasteiger partial charge in [0.05, 0.1) is 18.7 Å². The van der Waals surface area contributed by atoms with Crippen molar-refractivity contribution < 1.29 is 14.3 Å². The lowest BCUT2D eigenvalue weighted by molar-refractivity contribution is -0.125. The molecule has 1 fully saturated rings. The zero-order valence-corrected chi connectivity index (χ0v) is 15.1. The van der Waals surface area contributed by atoms with Crippen molar-refractivity contribution in [2.75, 3.05) is 13.2 Å². The third-order valence-corrected chi connectivity index (χ3v) is 5.13. The van der Waals surface area contributed by atoms with E-state index in [4.69, 9.17) is 4.74 Å². The number of benzene rings is 1. The maximum absolute atomic E-state index is 13.0. The highest BCUT2D eigenvalue weighted by Crippen LogP contribution is 2.25. The standard InChI is InChI=1S/C19H22N2O3S/c1-2-24-17-10-4-3-8-15(17)19(23)21-11-5-9-16(21)18(22)20-13-14-7-6-12-25-14/h3-4,6-8,10,12,16H,2,5,9,11,13H2,1H3,(H,20,22)/t16-/m1/s1. The first kappa shape index (κ1) is 17.5. The van der Waals surface area contributed by atoms with Crippen LogP contribution in [0.15, 0.2) is 41.8 Å². The summed E-state index contributed by atoms with van der Waals surface area (Å²) in [5.41, 5.74) is 0.516. The molecule has 1 N–H and O–H groups in total. The van der Waals surface area contributed by atoms with Crippen LogP contribution >= 0.6 is 11.3 Å². The lowest BCUT2D eigenvalue weighted by Gasteiger charge is -2.24. The molecule has 2 aromatic rings. The molecule has 5 nitrogen and oxygen atoms in total. The summed E-state index contributed by atoms with van der Waals surface area (Å²) >= 11 is 1.61. The van der Waals surface area contributed by atoms with Gasteiger partial charge in [0.1, 0.15) is 11.8 Å². The zero-order chi connectivity index (χ0) is 17.6. The van der Waals surface area contributed by atoms with E-state index in [0.29, 0.717) is 37.4 Å². The normalized spacial score (nSPS) is 16.7. The Labute approximate surface area is 151 Å². The van der Waals surface area contributed by atoms with Crippen molar-refractivity contribution in [1.82, 2.24) is 10.2 Å². The van der Waals surface area contributed by atoms with Crippen molar-refractivity contribution in [2.24, 2.45) is 0 Å². The van der Waals surface area contributed by atoms with Gasteiger partial charge in [-0.25, -0.2) is 0 Å². The number of likely N-dealkylation sites (tertiary alicyclic amines) is 1. The van der Waals surface area contributed by atoms with Crippen LogP contribution in [0.5, 0.6) is 5.75 Å². The van der Waals surface area contributed by atoms with Gasteiger partial charge < -0.3 is 15.0 Å². The molecule has 0 bridgehead atoms. The molecule has 1 aliphatic rings. The Bertz CT molecular complexity index is 730. The van der Waals surface area contributed by atoms with Crippen LogP contribution in [0.3, 0.4) is 0 Å². The number of para-hydroxylation sites is 1. The van der Waals surface area contributed by atoms with Gasteiger partial charge in [-0.05, 0) is 43.3 Å². The van der Waals surface area contributed by atoms with E-state index < -0.39 is 6.04 Å². The second kappa shape index (κ2) is 8.16. The molecule has 3 rings (SSSR count). The molecule has 132 valence electrons. The van der Waals surface area contributed by atoms with Gasteiger partial charge in [-0.15, -0.1) is 11.3 Å². The molecule has 0 spiro atoms. The second-order valence-corrected chi connectivity index (χ2v) is 6.92. The van der Waals surface area contributed by atoms with Crippen molar-refractivity contribution in [3.05, 3.63) is 52.2 Å². The number of nitrogens with zero attached hydrogens (tertiary/aromatic N) is 1. The predicted octanol–water partition coefficient (Wildman–Crippen LogP) is 3.07. The van der Waals surface area contributed by atoms with E-state index in [9.17, 15) is 9.59 Å². The Hall–Kier alpha value is -2.34. The van der Waals surface area contributed by atoms with Gasteiger partial charge in [0.25, 0.3) is 5.91 Å². The molecule has 0 saturated carbocycles. The fourth-order valence-electron chi connectivity index (χ4n) is 3.07. The zero-order valence-electron chi connectivity index (χ0n) is 14.2. The number of hydrogen-bond donors (Lipinski definition) is 1. The molecule has 0 radical (unpaired) electrons. The fraction of sp³-hybridized carbons (Fsp3) is 0.368. The molecule has 0 unspecified atom stereocenters. The molecular formula is C19H22N2O3S. The Balaban J connectivity index is 1.70. The summed E-state index contributed by atoms with van der Waals surface area (Å²) in [6.07, 6.45) is 1.53. The van der Waals surface area contributed by atoms with E-state index in [2.05, 4.69) is 5.32 Å². The largest absolute Gasteiger partial charge is 0.493 e. The first-order chi connectivity index (χ1) is 12.2. The second-order valence-electron chi connectivity index (χ2n) is 5.88. The van der Waals surface area contributed by atoms with Crippen LogP contribution in [0.4, 0.5) is 0 Å². The topological polar surface area (TPSA) is 58.6 Å². The smallest absolute Gasteiger partial charge is 0.258 e. The van der Waals surface area contributed by atoms with Crippen LogP contribution in [-0.4, -0.2) is 35.9 Å². The molecule has 1 aliphatic heterocycles. The number of amides is 2. The Morgan fingerprint density at radius 2 is 2.12 bits per heavy atom. The number of thiophene rings is 1. The van der Waals surface area contributed by atoms with E-state index >= 15 is 0 Å². The number of hydrogen-bond acceptors (Lipinski definition) is 4. The molecule has 1 saturated heterocycles. The summed E-state index contributed by atoms with van der Waals surface area (Å²) in [6.45, 7) is 3.48. The van der Waals surface area contributed by atoms with Crippen LogP contribution < -0.4 is 10.1 Å². The third kappa shape index (κ3) is 4.02. The quantitative estimate of drug-likeness (QED) is 0.863. The van der Waals surface area contributed by atoms with Gasteiger partial charge >= 0.3 is 0 Å². The molecule has 0 aliphatic carbocycles.